The van der Waals surface area contributed by atoms with Gasteiger partial charge in [0, 0.05) is 16.3 Å². The zero-order valence-electron chi connectivity index (χ0n) is 16.6. The summed E-state index contributed by atoms with van der Waals surface area (Å²) < 4.78 is 5.42. The molecular weight excluding hydrogens is 432 g/mol. The van der Waals surface area contributed by atoms with Gasteiger partial charge in [0.05, 0.1) is 11.0 Å². The summed E-state index contributed by atoms with van der Waals surface area (Å²) in [4.78, 5) is 20.0. The topological polar surface area (TPSA) is 79.0 Å². The minimum absolute atomic E-state index is 0.132. The molecule has 0 saturated carbocycles. The number of ether oxygens (including phenoxy) is 1. The van der Waals surface area contributed by atoms with Crippen LogP contribution >= 0.6 is 23.8 Å². The standard InChI is InChI=1S/C23H19ClN4O2S/c1-14-10-19-20(12-18(14)24)27-22(26-19)15-6-5-7-16(11-15)25-23(31)28-21(29)13-30-17-8-3-2-4-9-17/h2-12H,13H2,1H3,(H,26,27)(H2,25,28,29,31). The van der Waals surface area contributed by atoms with Gasteiger partial charge in [-0.05, 0) is 61.1 Å². The number of aromatic nitrogens is 2. The number of H-pyrrole nitrogens is 1. The fraction of sp³-hybridized carbons (Fsp3) is 0.0870. The first-order valence-corrected chi connectivity index (χ1v) is 10.3. The van der Waals surface area contributed by atoms with Crippen molar-refractivity contribution < 1.29 is 9.53 Å². The Hall–Kier alpha value is -3.42. The highest BCUT2D eigenvalue weighted by molar-refractivity contribution is 7.80. The van der Waals surface area contributed by atoms with Crippen LogP contribution in [0.1, 0.15) is 5.56 Å². The summed E-state index contributed by atoms with van der Waals surface area (Å²) in [6.45, 7) is 1.82. The molecule has 1 aromatic heterocycles. The van der Waals surface area contributed by atoms with Crippen molar-refractivity contribution in [3.05, 3.63) is 77.3 Å². The number of imidazole rings is 1. The predicted octanol–water partition coefficient (Wildman–Crippen LogP) is 5.08. The van der Waals surface area contributed by atoms with Crippen LogP contribution in [0.25, 0.3) is 22.4 Å². The zero-order valence-corrected chi connectivity index (χ0v) is 18.2. The van der Waals surface area contributed by atoms with Crippen LogP contribution in [0.4, 0.5) is 5.69 Å². The lowest BCUT2D eigenvalue weighted by Gasteiger charge is -2.11. The van der Waals surface area contributed by atoms with Crippen molar-refractivity contribution in [2.24, 2.45) is 0 Å². The monoisotopic (exact) mass is 450 g/mol. The van der Waals surface area contributed by atoms with Crippen molar-refractivity contribution in [1.82, 2.24) is 15.3 Å². The maximum atomic E-state index is 12.1. The summed E-state index contributed by atoms with van der Waals surface area (Å²) in [5.74, 6) is 0.986. The lowest BCUT2D eigenvalue weighted by Crippen LogP contribution is -2.37. The van der Waals surface area contributed by atoms with Gasteiger partial charge in [0.15, 0.2) is 11.7 Å². The van der Waals surface area contributed by atoms with Gasteiger partial charge in [-0.2, -0.15) is 0 Å². The number of rotatable bonds is 5. The molecule has 1 heterocycles. The highest BCUT2D eigenvalue weighted by Crippen LogP contribution is 2.26. The molecule has 0 spiro atoms. The first kappa shape index (κ1) is 20.8. The Labute approximate surface area is 189 Å². The SMILES string of the molecule is Cc1cc2[nH]c(-c3cccc(NC(=S)NC(=O)COc4ccccc4)c3)nc2cc1Cl. The van der Waals surface area contributed by atoms with Crippen LogP contribution in [0.5, 0.6) is 5.75 Å². The molecule has 156 valence electrons. The molecule has 0 aliphatic heterocycles. The van der Waals surface area contributed by atoms with Crippen LogP contribution in [0, 0.1) is 6.92 Å². The minimum Gasteiger partial charge on any atom is -0.484 e. The molecule has 0 atom stereocenters. The molecule has 0 aliphatic carbocycles. The summed E-state index contributed by atoms with van der Waals surface area (Å²) in [6.07, 6.45) is 0. The molecule has 31 heavy (non-hydrogen) atoms. The molecule has 3 aromatic carbocycles. The van der Waals surface area contributed by atoms with E-state index in [1.54, 1.807) is 12.1 Å². The summed E-state index contributed by atoms with van der Waals surface area (Å²) in [5, 5.41) is 6.49. The molecular formula is C23H19ClN4O2S. The Bertz CT molecular complexity index is 1220. The number of hydrogen-bond acceptors (Lipinski definition) is 4. The quantitative estimate of drug-likeness (QED) is 0.369. The van der Waals surface area contributed by atoms with E-state index in [-0.39, 0.29) is 17.6 Å². The average Bonchev–Trinajstić information content (AvgIpc) is 3.16. The minimum atomic E-state index is -0.345. The third-order valence-electron chi connectivity index (χ3n) is 4.52. The van der Waals surface area contributed by atoms with E-state index >= 15 is 0 Å². The van der Waals surface area contributed by atoms with E-state index in [9.17, 15) is 4.79 Å². The lowest BCUT2D eigenvalue weighted by atomic mass is 10.2. The Balaban J connectivity index is 1.40. The number of carbonyl (C=O) groups is 1. The number of carbonyl (C=O) groups excluding carboxylic acids is 1. The second-order valence-corrected chi connectivity index (χ2v) is 7.70. The van der Waals surface area contributed by atoms with Crippen LogP contribution in [0.15, 0.2) is 66.7 Å². The van der Waals surface area contributed by atoms with Gasteiger partial charge in [-0.3, -0.25) is 10.1 Å². The number of nitrogens with one attached hydrogen (secondary N) is 3. The van der Waals surface area contributed by atoms with Gasteiger partial charge in [0.25, 0.3) is 5.91 Å². The number of aryl methyl sites for hydroxylation is 1. The third kappa shape index (κ3) is 5.20. The number of thiocarbonyl (C=S) groups is 1. The number of fused-ring (bicyclic) bond motifs is 1. The second kappa shape index (κ2) is 9.16. The Kier molecular flexibility index (Phi) is 6.16. The fourth-order valence-corrected chi connectivity index (χ4v) is 3.40. The van der Waals surface area contributed by atoms with Crippen molar-refractivity contribution in [3.8, 4) is 17.1 Å². The van der Waals surface area contributed by atoms with Crippen molar-refractivity contribution in [2.45, 2.75) is 6.92 Å². The lowest BCUT2D eigenvalue weighted by molar-refractivity contribution is -0.121. The van der Waals surface area contributed by atoms with Gasteiger partial charge in [0.1, 0.15) is 11.6 Å². The van der Waals surface area contributed by atoms with Crippen LogP contribution in [-0.2, 0) is 4.79 Å². The number of amides is 1. The highest BCUT2D eigenvalue weighted by atomic mass is 35.5. The van der Waals surface area contributed by atoms with Gasteiger partial charge in [-0.1, -0.05) is 41.9 Å². The van der Waals surface area contributed by atoms with Crippen LogP contribution < -0.4 is 15.4 Å². The van der Waals surface area contributed by atoms with Gasteiger partial charge in [-0.15, -0.1) is 0 Å². The highest BCUT2D eigenvalue weighted by Gasteiger charge is 2.10. The molecule has 8 heteroatoms. The maximum absolute atomic E-state index is 12.1. The molecule has 3 N–H and O–H groups in total. The third-order valence-corrected chi connectivity index (χ3v) is 5.13. The molecule has 0 saturated heterocycles. The van der Waals surface area contributed by atoms with Gasteiger partial charge >= 0.3 is 0 Å². The number of anilines is 1. The summed E-state index contributed by atoms with van der Waals surface area (Å²) in [7, 11) is 0. The number of aromatic amines is 1. The largest absolute Gasteiger partial charge is 0.484 e. The molecule has 0 bridgehead atoms. The molecule has 1 amide bonds. The molecule has 4 rings (SSSR count). The molecule has 0 radical (unpaired) electrons. The number of para-hydroxylation sites is 1. The molecule has 0 unspecified atom stereocenters. The van der Waals surface area contributed by atoms with E-state index in [0.29, 0.717) is 16.6 Å². The number of hydrogen-bond donors (Lipinski definition) is 3. The average molecular weight is 451 g/mol. The Morgan fingerprint density at radius 2 is 1.94 bits per heavy atom. The summed E-state index contributed by atoms with van der Waals surface area (Å²) in [5.41, 5.74) is 4.29. The van der Waals surface area contributed by atoms with E-state index in [4.69, 9.17) is 28.6 Å². The van der Waals surface area contributed by atoms with Gasteiger partial charge in [-0.25, -0.2) is 4.98 Å². The van der Waals surface area contributed by atoms with Crippen molar-refractivity contribution in [2.75, 3.05) is 11.9 Å². The normalized spacial score (nSPS) is 10.6. The molecule has 6 nitrogen and oxygen atoms in total. The first-order valence-electron chi connectivity index (χ1n) is 9.53. The van der Waals surface area contributed by atoms with E-state index in [1.807, 2.05) is 61.5 Å². The van der Waals surface area contributed by atoms with Crippen LogP contribution in [-0.4, -0.2) is 27.6 Å². The Morgan fingerprint density at radius 3 is 2.74 bits per heavy atom. The Morgan fingerprint density at radius 1 is 1.13 bits per heavy atom. The number of halogens is 1. The van der Waals surface area contributed by atoms with E-state index < -0.39 is 0 Å². The van der Waals surface area contributed by atoms with E-state index in [0.717, 1.165) is 27.8 Å². The fourth-order valence-electron chi connectivity index (χ4n) is 3.01. The number of benzene rings is 3. The number of nitrogens with zero attached hydrogens (tertiary/aromatic N) is 1. The summed E-state index contributed by atoms with van der Waals surface area (Å²) >= 11 is 11.5. The van der Waals surface area contributed by atoms with Crippen molar-refractivity contribution in [3.63, 3.8) is 0 Å². The van der Waals surface area contributed by atoms with E-state index in [1.165, 1.54) is 0 Å². The smallest absolute Gasteiger partial charge is 0.264 e. The first-order chi connectivity index (χ1) is 15.0. The second-order valence-electron chi connectivity index (χ2n) is 6.89. The van der Waals surface area contributed by atoms with Gasteiger partial charge < -0.3 is 15.0 Å². The van der Waals surface area contributed by atoms with E-state index in [2.05, 4.69) is 20.6 Å². The predicted molar refractivity (Wildman–Crippen MR) is 128 cm³/mol. The van der Waals surface area contributed by atoms with Gasteiger partial charge in [0.2, 0.25) is 0 Å². The zero-order chi connectivity index (χ0) is 21.8. The molecule has 0 aliphatic rings. The molecule has 0 fully saturated rings. The van der Waals surface area contributed by atoms with Crippen molar-refractivity contribution in [1.29, 1.82) is 0 Å². The van der Waals surface area contributed by atoms with Crippen LogP contribution in [0.3, 0.4) is 0 Å². The molecule has 4 aromatic rings. The maximum Gasteiger partial charge on any atom is 0.264 e. The summed E-state index contributed by atoms with van der Waals surface area (Å²) in [6, 6.07) is 20.5. The van der Waals surface area contributed by atoms with Crippen molar-refractivity contribution >= 4 is 51.6 Å². The van der Waals surface area contributed by atoms with Crippen LogP contribution in [0.2, 0.25) is 5.02 Å².